The number of benzene rings is 1. The van der Waals surface area contributed by atoms with Crippen LogP contribution in [0.3, 0.4) is 0 Å². The van der Waals surface area contributed by atoms with Crippen molar-refractivity contribution in [3.8, 4) is 17.3 Å². The van der Waals surface area contributed by atoms with Gasteiger partial charge in [-0.25, -0.2) is 0 Å². The van der Waals surface area contributed by atoms with E-state index in [9.17, 15) is 4.79 Å². The zero-order valence-corrected chi connectivity index (χ0v) is 15.7. The number of hydrogen-bond acceptors (Lipinski definition) is 6. The molecule has 8 nitrogen and oxygen atoms in total. The molecule has 27 heavy (non-hydrogen) atoms. The topological polar surface area (TPSA) is 95.1 Å². The Balaban J connectivity index is 1.61. The van der Waals surface area contributed by atoms with Crippen molar-refractivity contribution >= 4 is 11.9 Å². The molecule has 1 N–H and O–H groups in total. The predicted molar refractivity (Wildman–Crippen MR) is 101 cm³/mol. The SMILES string of the molecule is CCCCOc1ccc(C(=O)Nc2nnc(-c3ccn(C(C)C)n3)o2)cc1. The van der Waals surface area contributed by atoms with Crippen LogP contribution >= 0.6 is 0 Å². The first-order chi connectivity index (χ1) is 13.1. The maximum Gasteiger partial charge on any atom is 0.322 e. The number of anilines is 1. The van der Waals surface area contributed by atoms with Crippen molar-refractivity contribution in [3.05, 3.63) is 42.1 Å². The number of nitrogens with zero attached hydrogens (tertiary/aromatic N) is 4. The lowest BCUT2D eigenvalue weighted by molar-refractivity contribution is 0.102. The summed E-state index contributed by atoms with van der Waals surface area (Å²) in [6, 6.07) is 8.96. The summed E-state index contributed by atoms with van der Waals surface area (Å²) in [5.41, 5.74) is 1.03. The molecule has 0 saturated heterocycles. The molecule has 3 aromatic rings. The summed E-state index contributed by atoms with van der Waals surface area (Å²) in [6.45, 7) is 6.82. The summed E-state index contributed by atoms with van der Waals surface area (Å²) in [7, 11) is 0. The predicted octanol–water partition coefficient (Wildman–Crippen LogP) is 3.95. The number of rotatable bonds is 8. The Bertz CT molecular complexity index is 883. The van der Waals surface area contributed by atoms with Crippen LogP contribution in [0, 0.1) is 0 Å². The fraction of sp³-hybridized carbons (Fsp3) is 0.368. The fourth-order valence-electron chi connectivity index (χ4n) is 2.32. The molecule has 8 heteroatoms. The molecular formula is C19H23N5O3. The summed E-state index contributed by atoms with van der Waals surface area (Å²) in [5.74, 6) is 0.656. The number of aromatic nitrogens is 4. The van der Waals surface area contributed by atoms with E-state index in [1.807, 2.05) is 20.0 Å². The maximum absolute atomic E-state index is 12.3. The highest BCUT2D eigenvalue weighted by atomic mass is 16.5. The van der Waals surface area contributed by atoms with Crippen LogP contribution < -0.4 is 10.1 Å². The van der Waals surface area contributed by atoms with Gasteiger partial charge in [0.15, 0.2) is 0 Å². The molecule has 142 valence electrons. The largest absolute Gasteiger partial charge is 0.494 e. The molecule has 0 spiro atoms. The van der Waals surface area contributed by atoms with Crippen molar-refractivity contribution < 1.29 is 13.9 Å². The van der Waals surface area contributed by atoms with E-state index in [1.54, 1.807) is 35.0 Å². The maximum atomic E-state index is 12.3. The smallest absolute Gasteiger partial charge is 0.322 e. The molecule has 1 amide bonds. The molecule has 0 aliphatic carbocycles. The molecule has 3 rings (SSSR count). The van der Waals surface area contributed by atoms with E-state index in [0.717, 1.165) is 18.6 Å². The number of carbonyl (C=O) groups is 1. The van der Waals surface area contributed by atoms with Crippen molar-refractivity contribution in [2.24, 2.45) is 0 Å². The Morgan fingerprint density at radius 2 is 2.00 bits per heavy atom. The van der Waals surface area contributed by atoms with Gasteiger partial charge in [0.1, 0.15) is 11.4 Å². The molecule has 2 heterocycles. The lowest BCUT2D eigenvalue weighted by Crippen LogP contribution is -2.12. The Morgan fingerprint density at radius 3 is 2.67 bits per heavy atom. The first kappa shape index (κ1) is 18.6. The quantitative estimate of drug-likeness (QED) is 0.604. The van der Waals surface area contributed by atoms with Gasteiger partial charge in [-0.1, -0.05) is 18.4 Å². The minimum absolute atomic E-state index is 0.0253. The van der Waals surface area contributed by atoms with Crippen molar-refractivity contribution in [2.75, 3.05) is 11.9 Å². The van der Waals surface area contributed by atoms with Crippen LogP contribution in [-0.2, 0) is 0 Å². The summed E-state index contributed by atoms with van der Waals surface area (Å²) in [6.07, 6.45) is 3.91. The first-order valence-corrected chi connectivity index (χ1v) is 9.00. The summed E-state index contributed by atoms with van der Waals surface area (Å²) in [4.78, 5) is 12.3. The van der Waals surface area contributed by atoms with Crippen LogP contribution in [0.2, 0.25) is 0 Å². The summed E-state index contributed by atoms with van der Waals surface area (Å²) < 4.78 is 12.9. The van der Waals surface area contributed by atoms with Gasteiger partial charge in [-0.2, -0.15) is 5.10 Å². The second kappa shape index (κ2) is 8.48. The van der Waals surface area contributed by atoms with Gasteiger partial charge in [0.2, 0.25) is 0 Å². The highest BCUT2D eigenvalue weighted by Crippen LogP contribution is 2.20. The van der Waals surface area contributed by atoms with Gasteiger partial charge in [0, 0.05) is 17.8 Å². The average Bonchev–Trinajstić information content (AvgIpc) is 3.32. The van der Waals surface area contributed by atoms with Gasteiger partial charge >= 0.3 is 6.01 Å². The standard InChI is InChI=1S/C19H23N5O3/c1-4-5-12-26-15-8-6-14(7-9-15)17(25)20-19-22-21-18(27-19)16-10-11-24(23-16)13(2)3/h6-11,13H,4-5,12H2,1-3H3,(H,20,22,25). The second-order valence-electron chi connectivity index (χ2n) is 6.37. The highest BCUT2D eigenvalue weighted by molar-refractivity contribution is 6.03. The van der Waals surface area contributed by atoms with Gasteiger partial charge in [-0.15, -0.1) is 5.10 Å². The number of ether oxygens (including phenoxy) is 1. The van der Waals surface area contributed by atoms with Gasteiger partial charge in [-0.3, -0.25) is 14.8 Å². The average molecular weight is 369 g/mol. The monoisotopic (exact) mass is 369 g/mol. The Hall–Kier alpha value is -3.16. The van der Waals surface area contributed by atoms with E-state index in [0.29, 0.717) is 17.9 Å². The van der Waals surface area contributed by atoms with E-state index >= 15 is 0 Å². The molecule has 0 atom stereocenters. The third-order valence-electron chi connectivity index (χ3n) is 3.89. The van der Waals surface area contributed by atoms with Gasteiger partial charge in [0.25, 0.3) is 11.8 Å². The summed E-state index contributed by atoms with van der Waals surface area (Å²) >= 11 is 0. The zero-order valence-electron chi connectivity index (χ0n) is 15.7. The molecule has 2 aromatic heterocycles. The van der Waals surface area contributed by atoms with E-state index in [1.165, 1.54) is 0 Å². The van der Waals surface area contributed by atoms with E-state index in [4.69, 9.17) is 9.15 Å². The third-order valence-corrected chi connectivity index (χ3v) is 3.89. The van der Waals surface area contributed by atoms with Crippen molar-refractivity contribution in [1.82, 2.24) is 20.0 Å². The number of amides is 1. The molecule has 0 radical (unpaired) electrons. The summed E-state index contributed by atoms with van der Waals surface area (Å²) in [5, 5.41) is 14.8. The first-order valence-electron chi connectivity index (χ1n) is 9.00. The lowest BCUT2D eigenvalue weighted by atomic mass is 10.2. The van der Waals surface area contributed by atoms with Crippen LogP contribution in [0.5, 0.6) is 5.75 Å². The Morgan fingerprint density at radius 1 is 1.22 bits per heavy atom. The van der Waals surface area contributed by atoms with Crippen LogP contribution in [-0.4, -0.2) is 32.5 Å². The van der Waals surface area contributed by atoms with E-state index in [-0.39, 0.29) is 23.9 Å². The van der Waals surface area contributed by atoms with Crippen LogP contribution in [0.15, 0.2) is 40.9 Å². The lowest BCUT2D eigenvalue weighted by Gasteiger charge is -2.06. The molecule has 0 aliphatic rings. The minimum atomic E-state index is -0.335. The normalized spacial score (nSPS) is 11.0. The van der Waals surface area contributed by atoms with Crippen molar-refractivity contribution in [2.45, 2.75) is 39.7 Å². The Kier molecular flexibility index (Phi) is 5.85. The van der Waals surface area contributed by atoms with Crippen molar-refractivity contribution in [3.63, 3.8) is 0 Å². The van der Waals surface area contributed by atoms with Gasteiger partial charge in [0.05, 0.1) is 6.61 Å². The van der Waals surface area contributed by atoms with Crippen molar-refractivity contribution in [1.29, 1.82) is 0 Å². The Labute approximate surface area is 157 Å². The molecule has 0 fully saturated rings. The minimum Gasteiger partial charge on any atom is -0.494 e. The van der Waals surface area contributed by atoms with Crippen LogP contribution in [0.1, 0.15) is 50.0 Å². The number of hydrogen-bond donors (Lipinski definition) is 1. The van der Waals surface area contributed by atoms with E-state index in [2.05, 4.69) is 27.5 Å². The molecule has 0 bridgehead atoms. The molecule has 0 aliphatic heterocycles. The second-order valence-corrected chi connectivity index (χ2v) is 6.37. The van der Waals surface area contributed by atoms with Gasteiger partial charge in [-0.05, 0) is 50.6 Å². The molecular weight excluding hydrogens is 346 g/mol. The van der Waals surface area contributed by atoms with Crippen LogP contribution in [0.4, 0.5) is 6.01 Å². The third kappa shape index (κ3) is 4.72. The molecule has 1 aromatic carbocycles. The van der Waals surface area contributed by atoms with E-state index < -0.39 is 0 Å². The fourth-order valence-corrected chi connectivity index (χ4v) is 2.32. The van der Waals surface area contributed by atoms with Crippen LogP contribution in [0.25, 0.3) is 11.6 Å². The van der Waals surface area contributed by atoms with Gasteiger partial charge < -0.3 is 9.15 Å². The number of unbranched alkanes of at least 4 members (excludes halogenated alkanes) is 1. The molecule has 0 saturated carbocycles. The number of carbonyl (C=O) groups excluding carboxylic acids is 1. The highest BCUT2D eigenvalue weighted by Gasteiger charge is 2.15. The number of nitrogens with one attached hydrogen (secondary N) is 1. The molecule has 0 unspecified atom stereocenters. The zero-order chi connectivity index (χ0) is 19.2.